The van der Waals surface area contributed by atoms with E-state index < -0.39 is 0 Å². The van der Waals surface area contributed by atoms with Crippen molar-refractivity contribution in [2.24, 2.45) is 0 Å². The number of anilines is 1. The number of aromatic nitrogens is 6. The number of nitrogens with one attached hydrogen (secondary N) is 2. The van der Waals surface area contributed by atoms with Gasteiger partial charge in [0.25, 0.3) is 0 Å². The summed E-state index contributed by atoms with van der Waals surface area (Å²) in [5.74, 6) is 1.20. The standard InChI is InChI=1S/C9H8IN7/c1-11-9-15-7-6(12-4-13-7)8(16-9)17-3-5(10)2-14-17/h2-4H,1H3,(H2,11,12,13,15,16). The summed E-state index contributed by atoms with van der Waals surface area (Å²) >= 11 is 2.20. The smallest absolute Gasteiger partial charge is 0.226 e. The molecule has 3 heterocycles. The molecule has 0 spiro atoms. The molecule has 0 saturated heterocycles. The van der Waals surface area contributed by atoms with Gasteiger partial charge in [0.1, 0.15) is 5.52 Å². The van der Waals surface area contributed by atoms with Crippen LogP contribution in [0.1, 0.15) is 0 Å². The Balaban J connectivity index is 2.29. The molecular weight excluding hydrogens is 333 g/mol. The maximum absolute atomic E-state index is 4.38. The van der Waals surface area contributed by atoms with Gasteiger partial charge in [-0.3, -0.25) is 0 Å². The first-order valence-corrected chi connectivity index (χ1v) is 5.95. The van der Waals surface area contributed by atoms with Gasteiger partial charge in [-0.05, 0) is 22.6 Å². The van der Waals surface area contributed by atoms with Gasteiger partial charge in [-0.2, -0.15) is 15.1 Å². The number of rotatable bonds is 2. The van der Waals surface area contributed by atoms with Crippen molar-refractivity contribution in [2.75, 3.05) is 12.4 Å². The van der Waals surface area contributed by atoms with E-state index in [2.05, 4.69) is 52.9 Å². The molecule has 0 aliphatic rings. The molecule has 7 nitrogen and oxygen atoms in total. The first kappa shape index (κ1) is 10.4. The summed E-state index contributed by atoms with van der Waals surface area (Å²) in [4.78, 5) is 15.8. The van der Waals surface area contributed by atoms with Crippen molar-refractivity contribution in [3.8, 4) is 5.82 Å². The Morgan fingerprint density at radius 3 is 3.00 bits per heavy atom. The van der Waals surface area contributed by atoms with E-state index in [0.717, 1.165) is 9.09 Å². The Kier molecular flexibility index (Phi) is 2.42. The highest BCUT2D eigenvalue weighted by atomic mass is 127. The Bertz CT molecular complexity index is 671. The van der Waals surface area contributed by atoms with Gasteiger partial charge < -0.3 is 10.3 Å². The summed E-state index contributed by atoms with van der Waals surface area (Å²) in [6, 6.07) is 0. The largest absolute Gasteiger partial charge is 0.357 e. The summed E-state index contributed by atoms with van der Waals surface area (Å²) in [6.45, 7) is 0. The minimum absolute atomic E-state index is 0.519. The van der Waals surface area contributed by atoms with Crippen LogP contribution in [-0.2, 0) is 0 Å². The highest BCUT2D eigenvalue weighted by molar-refractivity contribution is 14.1. The molecule has 0 amide bonds. The quantitative estimate of drug-likeness (QED) is 0.684. The summed E-state index contributed by atoms with van der Waals surface area (Å²) in [6.07, 6.45) is 5.25. The second-order valence-electron chi connectivity index (χ2n) is 3.33. The molecule has 17 heavy (non-hydrogen) atoms. The lowest BCUT2D eigenvalue weighted by Crippen LogP contribution is -2.04. The molecule has 2 N–H and O–H groups in total. The lowest BCUT2D eigenvalue weighted by atomic mass is 10.5. The zero-order valence-electron chi connectivity index (χ0n) is 8.85. The molecular formula is C9H8IN7. The zero-order valence-corrected chi connectivity index (χ0v) is 11.0. The lowest BCUT2D eigenvalue weighted by molar-refractivity contribution is 0.849. The summed E-state index contributed by atoms with van der Waals surface area (Å²) in [5, 5.41) is 7.14. The topological polar surface area (TPSA) is 84.3 Å². The number of H-pyrrole nitrogens is 1. The highest BCUT2D eigenvalue weighted by Gasteiger charge is 2.11. The third kappa shape index (κ3) is 1.73. The summed E-state index contributed by atoms with van der Waals surface area (Å²) in [5.41, 5.74) is 1.38. The van der Waals surface area contributed by atoms with Gasteiger partial charge in [0, 0.05) is 13.2 Å². The fourth-order valence-electron chi connectivity index (χ4n) is 1.51. The van der Waals surface area contributed by atoms with E-state index in [4.69, 9.17) is 0 Å². The average molecular weight is 341 g/mol. The number of hydrogen-bond donors (Lipinski definition) is 2. The average Bonchev–Trinajstić information content (AvgIpc) is 2.95. The van der Waals surface area contributed by atoms with E-state index in [0.29, 0.717) is 17.4 Å². The molecule has 0 aliphatic carbocycles. The SMILES string of the molecule is CNc1nc(-n2cc(I)cn2)c2[nH]cnc2n1. The fourth-order valence-corrected chi connectivity index (χ4v) is 1.90. The van der Waals surface area contributed by atoms with Crippen LogP contribution in [0.5, 0.6) is 0 Å². The molecule has 0 unspecified atom stereocenters. The number of hydrogen-bond acceptors (Lipinski definition) is 5. The number of fused-ring (bicyclic) bond motifs is 1. The van der Waals surface area contributed by atoms with Gasteiger partial charge in [-0.1, -0.05) is 0 Å². The van der Waals surface area contributed by atoms with E-state index in [9.17, 15) is 0 Å². The van der Waals surface area contributed by atoms with Gasteiger partial charge >= 0.3 is 0 Å². The molecule has 86 valence electrons. The van der Waals surface area contributed by atoms with E-state index in [1.807, 2.05) is 6.20 Å². The highest BCUT2D eigenvalue weighted by Crippen LogP contribution is 2.17. The molecule has 0 aromatic carbocycles. The first-order chi connectivity index (χ1) is 8.28. The second-order valence-corrected chi connectivity index (χ2v) is 4.57. The third-order valence-electron chi connectivity index (χ3n) is 2.26. The predicted octanol–water partition coefficient (Wildman–Crippen LogP) is 1.18. The molecule has 0 aliphatic heterocycles. The van der Waals surface area contributed by atoms with Crippen LogP contribution in [0, 0.1) is 3.57 Å². The van der Waals surface area contributed by atoms with Crippen LogP contribution in [0.25, 0.3) is 17.0 Å². The van der Waals surface area contributed by atoms with Crippen molar-refractivity contribution in [3.05, 3.63) is 22.3 Å². The normalized spacial score (nSPS) is 10.9. The van der Waals surface area contributed by atoms with Crippen LogP contribution >= 0.6 is 22.6 Å². The van der Waals surface area contributed by atoms with Gasteiger partial charge in [0.05, 0.1) is 16.1 Å². The Morgan fingerprint density at radius 2 is 2.29 bits per heavy atom. The second kappa shape index (κ2) is 3.95. The number of halogens is 1. The Morgan fingerprint density at radius 1 is 1.41 bits per heavy atom. The molecule has 0 radical (unpaired) electrons. The number of aromatic amines is 1. The summed E-state index contributed by atoms with van der Waals surface area (Å²) < 4.78 is 2.74. The maximum atomic E-state index is 4.38. The lowest BCUT2D eigenvalue weighted by Gasteiger charge is -2.04. The van der Waals surface area contributed by atoms with Crippen LogP contribution in [0.15, 0.2) is 18.7 Å². The molecule has 8 heteroatoms. The Labute approximate surface area is 110 Å². The van der Waals surface area contributed by atoms with Gasteiger partial charge in [-0.25, -0.2) is 9.67 Å². The van der Waals surface area contributed by atoms with Gasteiger partial charge in [-0.15, -0.1) is 0 Å². The van der Waals surface area contributed by atoms with Crippen LogP contribution in [0.4, 0.5) is 5.95 Å². The van der Waals surface area contributed by atoms with Crippen LogP contribution < -0.4 is 5.32 Å². The van der Waals surface area contributed by atoms with Crippen molar-refractivity contribution in [1.82, 2.24) is 29.7 Å². The van der Waals surface area contributed by atoms with E-state index in [1.165, 1.54) is 0 Å². The molecule has 3 aromatic heterocycles. The van der Waals surface area contributed by atoms with Crippen molar-refractivity contribution in [2.45, 2.75) is 0 Å². The molecule has 0 saturated carbocycles. The molecule has 3 aromatic rings. The van der Waals surface area contributed by atoms with E-state index in [-0.39, 0.29) is 0 Å². The molecule has 3 rings (SSSR count). The zero-order chi connectivity index (χ0) is 11.8. The minimum atomic E-state index is 0.519. The van der Waals surface area contributed by atoms with Crippen molar-refractivity contribution in [3.63, 3.8) is 0 Å². The molecule has 0 atom stereocenters. The minimum Gasteiger partial charge on any atom is -0.357 e. The van der Waals surface area contributed by atoms with Crippen molar-refractivity contribution >= 4 is 39.7 Å². The van der Waals surface area contributed by atoms with Crippen molar-refractivity contribution in [1.29, 1.82) is 0 Å². The van der Waals surface area contributed by atoms with E-state index in [1.54, 1.807) is 24.3 Å². The fraction of sp³-hybridized carbons (Fsp3) is 0.111. The number of nitrogens with zero attached hydrogens (tertiary/aromatic N) is 5. The number of imidazole rings is 1. The van der Waals surface area contributed by atoms with Gasteiger partial charge in [0.2, 0.25) is 5.95 Å². The van der Waals surface area contributed by atoms with Crippen LogP contribution in [0.3, 0.4) is 0 Å². The van der Waals surface area contributed by atoms with Gasteiger partial charge in [0.15, 0.2) is 11.5 Å². The molecule has 0 bridgehead atoms. The third-order valence-corrected chi connectivity index (χ3v) is 2.82. The van der Waals surface area contributed by atoms with Crippen LogP contribution in [0.2, 0.25) is 0 Å². The predicted molar refractivity (Wildman–Crippen MR) is 71.1 cm³/mol. The van der Waals surface area contributed by atoms with Crippen LogP contribution in [-0.4, -0.2) is 36.8 Å². The molecule has 0 fully saturated rings. The van der Waals surface area contributed by atoms with Crippen molar-refractivity contribution < 1.29 is 0 Å². The van der Waals surface area contributed by atoms with E-state index >= 15 is 0 Å². The first-order valence-electron chi connectivity index (χ1n) is 4.87. The maximum Gasteiger partial charge on any atom is 0.226 e. The Hall–Kier alpha value is -1.71. The summed E-state index contributed by atoms with van der Waals surface area (Å²) in [7, 11) is 1.77. The monoisotopic (exact) mass is 341 g/mol.